The van der Waals surface area contributed by atoms with Crippen LogP contribution in [-0.4, -0.2) is 22.0 Å². The van der Waals surface area contributed by atoms with Crippen LogP contribution in [0.25, 0.3) is 0 Å². The summed E-state index contributed by atoms with van der Waals surface area (Å²) >= 11 is 0. The first kappa shape index (κ1) is 36.1. The Labute approximate surface area is 148 Å². The fourth-order valence-corrected chi connectivity index (χ4v) is 0. The van der Waals surface area contributed by atoms with Crippen LogP contribution in [0.1, 0.15) is 0 Å². The molecule has 9 nitrogen and oxygen atoms in total. The summed E-state index contributed by atoms with van der Waals surface area (Å²) in [5, 5.41) is 75.8. The van der Waals surface area contributed by atoms with E-state index in [-0.39, 0.29) is 82.5 Å². The topological polar surface area (TPSA) is 208 Å². The molecule has 0 N–H and O–H groups in total. The Balaban J connectivity index is -0.0000000184. The molecule has 0 amide bonds. The molecule has 0 fully saturated rings. The number of hydrogen-bond acceptors (Lipinski definition) is 9. The van der Waals surface area contributed by atoms with Crippen molar-refractivity contribution in [1.29, 1.82) is 0 Å². The zero-order chi connectivity index (χ0) is 10.7. The van der Waals surface area contributed by atoms with Crippen molar-refractivity contribution in [3.8, 4) is 0 Å². The van der Waals surface area contributed by atoms with Gasteiger partial charge in [-0.05, 0) is 0 Å². The maximum absolute atomic E-state index is 8.42. The average Bonchev–Trinajstić information content (AvgIpc) is 1.54. The molecule has 0 aromatic heterocycles. The van der Waals surface area contributed by atoms with Gasteiger partial charge >= 0.3 is 82.5 Å². The van der Waals surface area contributed by atoms with E-state index in [1.165, 1.54) is 0 Å². The van der Waals surface area contributed by atoms with E-state index in [4.69, 9.17) is 45.2 Å². The molecule has 0 atom stereocenters. The Hall–Kier alpha value is 2.69. The molecule has 0 bridgehead atoms. The summed E-state index contributed by atoms with van der Waals surface area (Å²) in [6.07, 6.45) is 0. The summed E-state index contributed by atoms with van der Waals surface area (Å²) in [4.78, 5) is 0. The van der Waals surface area contributed by atoms with Crippen molar-refractivity contribution in [1.82, 2.24) is 0 Å². The molecular weight excluding hydrogens is 454 g/mol. The van der Waals surface area contributed by atoms with Gasteiger partial charge in [-0.25, -0.2) is 0 Å². The number of hydrogen-bond donors (Lipinski definition) is 0. The van der Waals surface area contributed by atoms with Crippen molar-refractivity contribution in [2.24, 2.45) is 0 Å². The van der Waals surface area contributed by atoms with Crippen molar-refractivity contribution in [2.45, 2.75) is 0 Å². The second kappa shape index (κ2) is 30.1. The third-order valence-electron chi connectivity index (χ3n) is 0. The van der Waals surface area contributed by atoms with Crippen molar-refractivity contribution < 1.29 is 118 Å². The van der Waals surface area contributed by atoms with Crippen LogP contribution in [0, 0.1) is 39.9 Å². The molecule has 0 rings (SSSR count). The Morgan fingerprint density at radius 2 is 0.467 bits per heavy atom. The van der Waals surface area contributed by atoms with Gasteiger partial charge < -0.3 is 45.2 Å². The Kier molecular flexibility index (Phi) is 72.3. The van der Waals surface area contributed by atoms with E-state index in [0.717, 1.165) is 0 Å². The van der Waals surface area contributed by atoms with E-state index >= 15 is 0 Å². The van der Waals surface area contributed by atoms with Crippen molar-refractivity contribution in [3.05, 3.63) is 0 Å². The summed E-state index contributed by atoms with van der Waals surface area (Å²) in [5.41, 5.74) is 0. The van der Waals surface area contributed by atoms with Crippen molar-refractivity contribution in [2.75, 3.05) is 0 Å². The molecule has 0 heterocycles. The van der Waals surface area contributed by atoms with Crippen molar-refractivity contribution >= 4 is 31.9 Å². The summed E-state index contributed by atoms with van der Waals surface area (Å²) in [6, 6.07) is 0. The predicted octanol–water partition coefficient (Wildman–Crippen LogP) is -11.0. The van der Waals surface area contributed by atoms with Gasteiger partial charge in [-0.15, -0.1) is 0 Å². The van der Waals surface area contributed by atoms with Gasteiger partial charge in [0.05, 0.1) is 0 Å². The molecule has 0 saturated heterocycles. The SMILES string of the molecule is [Gd+3].[O-]B([O-])[O-].[O-]B([O-])[O-].[O-]B([O-])[O-].[P+3].[Y+3]. The molecule has 0 aromatic rings. The normalized spacial score (nSPS) is 5.40. The van der Waals surface area contributed by atoms with Gasteiger partial charge in [-0.1, -0.05) is 0 Å². The van der Waals surface area contributed by atoms with Crippen LogP contribution in [0.2, 0.25) is 0 Å². The second-order valence-corrected chi connectivity index (χ2v) is 0.866. The van der Waals surface area contributed by atoms with Crippen LogP contribution in [0.5, 0.6) is 0 Å². The Morgan fingerprint density at radius 1 is 0.467 bits per heavy atom. The molecule has 0 aliphatic rings. The Morgan fingerprint density at radius 3 is 0.467 bits per heavy atom. The number of rotatable bonds is 0. The predicted molar refractivity (Wildman–Crippen MR) is 24.2 cm³/mol. The van der Waals surface area contributed by atoms with E-state index in [1.54, 1.807) is 0 Å². The smallest absolute Gasteiger partial charge is 0.907 e. The molecule has 0 spiro atoms. The van der Waals surface area contributed by atoms with Crippen molar-refractivity contribution in [3.63, 3.8) is 0 Å². The third-order valence-corrected chi connectivity index (χ3v) is 0. The van der Waals surface area contributed by atoms with E-state index in [0.29, 0.717) is 0 Å². The first-order chi connectivity index (χ1) is 5.20. The summed E-state index contributed by atoms with van der Waals surface area (Å²) < 4.78 is 0. The summed E-state index contributed by atoms with van der Waals surface area (Å²) in [6.45, 7) is 0. The van der Waals surface area contributed by atoms with Crippen LogP contribution >= 0.6 is 9.90 Å². The van der Waals surface area contributed by atoms with E-state index < -0.39 is 22.0 Å². The van der Waals surface area contributed by atoms with Gasteiger partial charge in [0.15, 0.2) is 0 Å². The summed E-state index contributed by atoms with van der Waals surface area (Å²) in [5.74, 6) is 0. The van der Waals surface area contributed by atoms with Gasteiger partial charge in [0, 0.05) is 0 Å². The minimum Gasteiger partial charge on any atom is -0.907 e. The maximum atomic E-state index is 8.42. The van der Waals surface area contributed by atoms with Gasteiger partial charge in [0.1, 0.15) is 0 Å². The van der Waals surface area contributed by atoms with Gasteiger partial charge in [-0.3, -0.25) is 22.0 Å². The summed E-state index contributed by atoms with van der Waals surface area (Å²) in [7, 11) is -8.75. The van der Waals surface area contributed by atoms with Crippen LogP contribution in [0.4, 0.5) is 0 Å². The van der Waals surface area contributed by atoms with E-state index in [2.05, 4.69) is 0 Å². The monoisotopic (exact) mass is 455 g/mol. The molecule has 79 valence electrons. The van der Waals surface area contributed by atoms with Crippen LogP contribution in [0.3, 0.4) is 0 Å². The van der Waals surface area contributed by atoms with Gasteiger partial charge in [-0.2, -0.15) is 0 Å². The second-order valence-electron chi connectivity index (χ2n) is 0.866. The Bertz CT molecular complexity index is 53.8. The molecule has 15 heavy (non-hydrogen) atoms. The maximum Gasteiger partial charge on any atom is 3.00 e. The van der Waals surface area contributed by atoms with E-state index in [1.807, 2.05) is 0 Å². The minimum absolute atomic E-state index is 0. The third kappa shape index (κ3) is 497. The quantitative estimate of drug-likeness (QED) is 0.251. The zero-order valence-corrected chi connectivity index (χ0v) is 12.8. The standard InChI is InChI=1S/3BO3.Gd.P.Y/c3*2-1(3)4;;;/q3*-3;3*+3. The molecule has 3 radical (unpaired) electrons. The fraction of sp³-hybridized carbons (Fsp3) is 0. The molecule has 0 saturated carbocycles. The fourth-order valence-electron chi connectivity index (χ4n) is 0. The van der Waals surface area contributed by atoms with E-state index in [9.17, 15) is 0 Å². The molecule has 0 aromatic carbocycles. The first-order valence-corrected chi connectivity index (χ1v) is 2.12. The zero-order valence-electron chi connectivity index (χ0n) is 6.78. The molecule has 0 aliphatic carbocycles. The van der Waals surface area contributed by atoms with Crippen LogP contribution in [0.15, 0.2) is 0 Å². The first-order valence-electron chi connectivity index (χ1n) is 2.12. The molecular formula is B3GdO9PY. The average molecular weight is 454 g/mol. The van der Waals surface area contributed by atoms with Gasteiger partial charge in [0.25, 0.3) is 0 Å². The molecule has 0 unspecified atom stereocenters. The largest absolute Gasteiger partial charge is 3.00 e. The molecule has 0 aliphatic heterocycles. The van der Waals surface area contributed by atoms with Gasteiger partial charge in [0.2, 0.25) is 0 Å². The van der Waals surface area contributed by atoms with Crippen LogP contribution in [-0.2, 0) is 32.7 Å². The van der Waals surface area contributed by atoms with Crippen LogP contribution < -0.4 is 45.2 Å². The molecule has 15 heteroatoms. The minimum atomic E-state index is -2.92.